The largest absolute Gasteiger partial charge is 0.497 e. The fourth-order valence-electron chi connectivity index (χ4n) is 3.34. The van der Waals surface area contributed by atoms with E-state index in [2.05, 4.69) is 20.6 Å². The molecular weight excluding hydrogens is 372 g/mol. The van der Waals surface area contributed by atoms with Gasteiger partial charge in [0.25, 0.3) is 0 Å². The third-order valence-electron chi connectivity index (χ3n) is 4.98. The Morgan fingerprint density at radius 2 is 1.76 bits per heavy atom. The standard InChI is InChI=1S/C22H28N2O5/c1-27-21-5-3-4-18(14-21)24-12-10-23(11-13-24)15-19(25)16-29-20-8-6-17(7-9-20)22(26)28-2/h3-9,14,19,25H,10-13,15-16H2,1-2H3/t19-/m1/s1. The number of rotatable bonds is 8. The van der Waals surface area contributed by atoms with Crippen LogP contribution in [0.25, 0.3) is 0 Å². The number of methoxy groups -OCH3 is 2. The Kier molecular flexibility index (Phi) is 7.32. The number of hydrogen-bond acceptors (Lipinski definition) is 7. The lowest BCUT2D eigenvalue weighted by atomic mass is 10.2. The summed E-state index contributed by atoms with van der Waals surface area (Å²) in [6.45, 7) is 4.32. The Hall–Kier alpha value is -2.77. The molecule has 1 aliphatic rings. The van der Waals surface area contributed by atoms with E-state index in [1.54, 1.807) is 31.4 Å². The van der Waals surface area contributed by atoms with Gasteiger partial charge in [0.1, 0.15) is 24.2 Å². The Labute approximate surface area is 171 Å². The van der Waals surface area contributed by atoms with Gasteiger partial charge in [0, 0.05) is 44.5 Å². The Morgan fingerprint density at radius 3 is 2.41 bits per heavy atom. The molecule has 0 aliphatic carbocycles. The van der Waals surface area contributed by atoms with Crippen molar-refractivity contribution < 1.29 is 24.1 Å². The molecule has 7 nitrogen and oxygen atoms in total. The molecule has 3 rings (SSSR count). The molecule has 0 amide bonds. The average Bonchev–Trinajstić information content (AvgIpc) is 2.78. The molecule has 29 heavy (non-hydrogen) atoms. The average molecular weight is 400 g/mol. The monoisotopic (exact) mass is 400 g/mol. The van der Waals surface area contributed by atoms with Crippen LogP contribution in [0.1, 0.15) is 10.4 Å². The highest BCUT2D eigenvalue weighted by Crippen LogP contribution is 2.22. The number of β-amino-alcohol motifs (C(OH)–C–C–N with tert-alkyl or cyclic N) is 1. The fourth-order valence-corrected chi connectivity index (χ4v) is 3.34. The molecule has 2 aromatic carbocycles. The van der Waals surface area contributed by atoms with Crippen LogP contribution < -0.4 is 14.4 Å². The number of aliphatic hydroxyl groups is 1. The van der Waals surface area contributed by atoms with Crippen LogP contribution in [-0.4, -0.2) is 75.6 Å². The summed E-state index contributed by atoms with van der Waals surface area (Å²) in [6, 6.07) is 14.8. The number of nitrogens with zero attached hydrogens (tertiary/aromatic N) is 2. The van der Waals surface area contributed by atoms with Gasteiger partial charge in [-0.05, 0) is 36.4 Å². The number of piperazine rings is 1. The third kappa shape index (κ3) is 5.85. The predicted octanol–water partition coefficient (Wildman–Crippen LogP) is 2.04. The molecule has 0 spiro atoms. The molecule has 156 valence electrons. The van der Waals surface area contributed by atoms with Crippen molar-refractivity contribution >= 4 is 11.7 Å². The van der Waals surface area contributed by atoms with Crippen molar-refractivity contribution in [1.82, 2.24) is 4.90 Å². The van der Waals surface area contributed by atoms with E-state index in [0.717, 1.165) is 37.6 Å². The van der Waals surface area contributed by atoms with Gasteiger partial charge in [-0.25, -0.2) is 4.79 Å². The molecule has 1 N–H and O–H groups in total. The van der Waals surface area contributed by atoms with Gasteiger partial charge in [0.15, 0.2) is 0 Å². The van der Waals surface area contributed by atoms with Crippen LogP contribution >= 0.6 is 0 Å². The number of ether oxygens (including phenoxy) is 3. The molecule has 1 heterocycles. The van der Waals surface area contributed by atoms with E-state index in [0.29, 0.717) is 17.9 Å². The van der Waals surface area contributed by atoms with Crippen LogP contribution in [0.4, 0.5) is 5.69 Å². The summed E-state index contributed by atoms with van der Waals surface area (Å²) in [5.41, 5.74) is 1.62. The minimum Gasteiger partial charge on any atom is -0.497 e. The summed E-state index contributed by atoms with van der Waals surface area (Å²) in [5, 5.41) is 10.3. The third-order valence-corrected chi connectivity index (χ3v) is 4.98. The number of carbonyl (C=O) groups is 1. The number of esters is 1. The fraction of sp³-hybridized carbons (Fsp3) is 0.409. The summed E-state index contributed by atoms with van der Waals surface area (Å²) in [4.78, 5) is 16.0. The summed E-state index contributed by atoms with van der Waals surface area (Å²) < 4.78 is 15.6. The lowest BCUT2D eigenvalue weighted by molar-refractivity contribution is 0.0599. The zero-order valence-corrected chi connectivity index (χ0v) is 16.9. The van der Waals surface area contributed by atoms with Gasteiger partial charge in [0.2, 0.25) is 0 Å². The van der Waals surface area contributed by atoms with E-state index in [-0.39, 0.29) is 12.6 Å². The molecule has 1 atom stereocenters. The summed E-state index contributed by atoms with van der Waals surface area (Å²) >= 11 is 0. The highest BCUT2D eigenvalue weighted by molar-refractivity contribution is 5.89. The topological polar surface area (TPSA) is 71.5 Å². The van der Waals surface area contributed by atoms with Crippen molar-refractivity contribution in [3.8, 4) is 11.5 Å². The first kappa shape index (κ1) is 21.0. The van der Waals surface area contributed by atoms with Crippen LogP contribution in [-0.2, 0) is 4.74 Å². The van der Waals surface area contributed by atoms with Gasteiger partial charge in [-0.15, -0.1) is 0 Å². The zero-order valence-electron chi connectivity index (χ0n) is 16.9. The van der Waals surface area contributed by atoms with Crippen LogP contribution in [0, 0.1) is 0 Å². The van der Waals surface area contributed by atoms with E-state index in [4.69, 9.17) is 9.47 Å². The van der Waals surface area contributed by atoms with E-state index < -0.39 is 6.10 Å². The zero-order chi connectivity index (χ0) is 20.6. The van der Waals surface area contributed by atoms with Crippen LogP contribution in [0.2, 0.25) is 0 Å². The maximum Gasteiger partial charge on any atom is 0.337 e. The van der Waals surface area contributed by atoms with Crippen molar-refractivity contribution in [3.63, 3.8) is 0 Å². The Balaban J connectivity index is 1.41. The molecule has 1 saturated heterocycles. The van der Waals surface area contributed by atoms with Gasteiger partial charge in [-0.3, -0.25) is 4.90 Å². The quantitative estimate of drug-likeness (QED) is 0.680. The molecule has 0 bridgehead atoms. The predicted molar refractivity (Wildman–Crippen MR) is 111 cm³/mol. The lowest BCUT2D eigenvalue weighted by Crippen LogP contribution is -2.49. The minimum atomic E-state index is -0.585. The highest BCUT2D eigenvalue weighted by atomic mass is 16.5. The summed E-state index contributed by atoms with van der Waals surface area (Å²) in [5.74, 6) is 1.08. The molecule has 1 aliphatic heterocycles. The maximum atomic E-state index is 11.4. The molecule has 0 unspecified atom stereocenters. The number of hydrogen-bond donors (Lipinski definition) is 1. The first-order valence-corrected chi connectivity index (χ1v) is 9.69. The SMILES string of the molecule is COC(=O)c1ccc(OC[C@H](O)CN2CCN(c3cccc(OC)c3)CC2)cc1. The first-order valence-electron chi connectivity index (χ1n) is 9.69. The smallest absolute Gasteiger partial charge is 0.337 e. The van der Waals surface area contributed by atoms with Gasteiger partial charge in [0.05, 0.1) is 19.8 Å². The minimum absolute atomic E-state index is 0.202. The van der Waals surface area contributed by atoms with E-state index in [1.165, 1.54) is 7.11 Å². The maximum absolute atomic E-state index is 11.4. The first-order chi connectivity index (χ1) is 14.1. The van der Waals surface area contributed by atoms with E-state index >= 15 is 0 Å². The Morgan fingerprint density at radius 1 is 1.03 bits per heavy atom. The number of anilines is 1. The summed E-state index contributed by atoms with van der Waals surface area (Å²) in [7, 11) is 3.02. The number of carbonyl (C=O) groups excluding carboxylic acids is 1. The molecule has 7 heteroatoms. The molecular formula is C22H28N2O5. The summed E-state index contributed by atoms with van der Waals surface area (Å²) in [6.07, 6.45) is -0.585. The van der Waals surface area contributed by atoms with Gasteiger partial charge in [-0.2, -0.15) is 0 Å². The number of aliphatic hydroxyl groups excluding tert-OH is 1. The second kappa shape index (κ2) is 10.1. The molecule has 0 radical (unpaired) electrons. The molecule has 0 saturated carbocycles. The molecule has 1 fully saturated rings. The van der Waals surface area contributed by atoms with E-state index in [1.807, 2.05) is 18.2 Å². The van der Waals surface area contributed by atoms with Crippen molar-refractivity contribution in [1.29, 1.82) is 0 Å². The number of benzene rings is 2. The van der Waals surface area contributed by atoms with Crippen LogP contribution in [0.3, 0.4) is 0 Å². The second-order valence-corrected chi connectivity index (χ2v) is 6.97. The van der Waals surface area contributed by atoms with Gasteiger partial charge < -0.3 is 24.2 Å². The van der Waals surface area contributed by atoms with Crippen molar-refractivity contribution in [2.24, 2.45) is 0 Å². The van der Waals surface area contributed by atoms with E-state index in [9.17, 15) is 9.90 Å². The molecule has 0 aromatic heterocycles. The van der Waals surface area contributed by atoms with Crippen molar-refractivity contribution in [2.45, 2.75) is 6.10 Å². The van der Waals surface area contributed by atoms with Gasteiger partial charge in [-0.1, -0.05) is 6.07 Å². The van der Waals surface area contributed by atoms with Crippen molar-refractivity contribution in [2.75, 3.05) is 58.5 Å². The Bertz CT molecular complexity index is 788. The lowest BCUT2D eigenvalue weighted by Gasteiger charge is -2.37. The van der Waals surface area contributed by atoms with Crippen LogP contribution in [0.15, 0.2) is 48.5 Å². The van der Waals surface area contributed by atoms with Crippen molar-refractivity contribution in [3.05, 3.63) is 54.1 Å². The second-order valence-electron chi connectivity index (χ2n) is 6.97. The van der Waals surface area contributed by atoms with Gasteiger partial charge >= 0.3 is 5.97 Å². The molecule has 2 aromatic rings. The highest BCUT2D eigenvalue weighted by Gasteiger charge is 2.20. The normalized spacial score (nSPS) is 15.6. The van der Waals surface area contributed by atoms with Crippen LogP contribution in [0.5, 0.6) is 11.5 Å².